The summed E-state index contributed by atoms with van der Waals surface area (Å²) in [6, 6.07) is 0.428. The van der Waals surface area contributed by atoms with Crippen LogP contribution in [0.25, 0.3) is 10.8 Å². The highest BCUT2D eigenvalue weighted by Gasteiger charge is 2.47. The van der Waals surface area contributed by atoms with Gasteiger partial charge >= 0.3 is 55.5 Å². The Kier molecular flexibility index (Phi) is 15.2. The van der Waals surface area contributed by atoms with Crippen LogP contribution in [-0.2, 0) is 56.0 Å². The van der Waals surface area contributed by atoms with E-state index in [9.17, 15) is 119 Å². The first-order valence-electron chi connectivity index (χ1n) is 19.4. The quantitative estimate of drug-likeness (QED) is 0.0889. The van der Waals surface area contributed by atoms with Gasteiger partial charge in [-0.2, -0.15) is 145 Å². The first-order chi connectivity index (χ1) is 32.9. The van der Waals surface area contributed by atoms with Crippen molar-refractivity contribution >= 4 is 38.8 Å². The van der Waals surface area contributed by atoms with Crippen LogP contribution in [0.2, 0.25) is 0 Å². The van der Waals surface area contributed by atoms with Crippen LogP contribution in [0.15, 0.2) is 127 Å². The molecule has 0 aliphatic carbocycles. The highest BCUT2D eigenvalue weighted by Crippen LogP contribution is 2.41. The Morgan fingerprint density at radius 2 is 0.562 bits per heavy atom. The van der Waals surface area contributed by atoms with Gasteiger partial charge < -0.3 is 0 Å². The zero-order chi connectivity index (χ0) is 55.5. The number of fused-ring (bicyclic) bond motifs is 1. The van der Waals surface area contributed by atoms with Gasteiger partial charge in [-0.1, -0.05) is 66.7 Å². The van der Waals surface area contributed by atoms with Crippen molar-refractivity contribution < 1.29 is 123 Å². The fourth-order valence-corrected chi connectivity index (χ4v) is 7.57. The van der Waals surface area contributed by atoms with E-state index in [1.807, 2.05) is 24.3 Å². The highest BCUT2D eigenvalue weighted by atomic mass is 19.4. The van der Waals surface area contributed by atoms with Crippen LogP contribution in [0, 0.1) is 0 Å². The fraction of sp³-hybridized carbons (Fsp3) is 0.205. The Hall–Kier alpha value is -6.58. The minimum absolute atomic E-state index is 0.437. The number of hydrogen-bond donors (Lipinski definition) is 0. The zero-order valence-corrected chi connectivity index (χ0v) is 34.9. The molecular weight excluding hydrogens is 1070 g/mol. The van der Waals surface area contributed by atoms with Crippen LogP contribution in [0.5, 0.6) is 0 Å². The molecule has 0 N–H and O–H groups in total. The van der Waals surface area contributed by atoms with Crippen molar-refractivity contribution in [3.05, 3.63) is 172 Å². The van der Waals surface area contributed by atoms with Gasteiger partial charge in [0.15, 0.2) is 12.4 Å². The van der Waals surface area contributed by atoms with Crippen molar-refractivity contribution in [1.29, 1.82) is 0 Å². The van der Waals surface area contributed by atoms with Crippen molar-refractivity contribution in [3.63, 3.8) is 0 Å². The summed E-state index contributed by atoms with van der Waals surface area (Å²) in [5, 5.41) is 1.88. The molecule has 0 saturated heterocycles. The van der Waals surface area contributed by atoms with Crippen molar-refractivity contribution in [2.45, 2.75) is 56.0 Å². The lowest BCUT2D eigenvalue weighted by Gasteiger charge is -2.46. The summed E-state index contributed by atoms with van der Waals surface area (Å²) in [5.74, 6) is -1.40. The summed E-state index contributed by atoms with van der Waals surface area (Å²) >= 11 is 0. The third-order valence-corrected chi connectivity index (χ3v) is 10.7. The number of pyridine rings is 1. The van der Waals surface area contributed by atoms with Gasteiger partial charge in [-0.25, -0.2) is 0 Å². The molecule has 0 saturated carbocycles. The van der Waals surface area contributed by atoms with E-state index in [2.05, 4.69) is 0 Å². The Morgan fingerprint density at radius 1 is 0.329 bits per heavy atom. The second kappa shape index (κ2) is 19.4. The maximum atomic E-state index is 14.2. The van der Waals surface area contributed by atoms with E-state index >= 15 is 0 Å². The molecule has 1 heterocycles. The van der Waals surface area contributed by atoms with Crippen molar-refractivity contribution in [3.8, 4) is 0 Å². The molecule has 0 unspecified atom stereocenters. The van der Waals surface area contributed by atoms with Gasteiger partial charge in [-0.15, -0.1) is 0 Å². The van der Waals surface area contributed by atoms with Crippen LogP contribution in [0.4, 0.5) is 119 Å². The summed E-state index contributed by atoms with van der Waals surface area (Å²) in [6.45, 7) is -0.437. The van der Waals surface area contributed by atoms with Gasteiger partial charge in [-0.05, 0) is 35.7 Å². The van der Waals surface area contributed by atoms with Gasteiger partial charge in [0.1, 0.15) is 6.15 Å². The molecule has 5 aromatic carbocycles. The minimum atomic E-state index is -6.13. The molecule has 0 aliphatic rings. The molecule has 394 valence electrons. The predicted octanol–water partition coefficient (Wildman–Crippen LogP) is 14.4. The molecule has 1 aromatic heterocycles. The van der Waals surface area contributed by atoms with E-state index in [-0.39, 0.29) is 0 Å². The minimum Gasteiger partial charge on any atom is -0.199 e. The molecule has 1 nitrogen and oxygen atoms in total. The van der Waals surface area contributed by atoms with E-state index in [4.69, 9.17) is 0 Å². The number of halogens is 27. The van der Waals surface area contributed by atoms with Crippen molar-refractivity contribution in [1.82, 2.24) is 0 Å². The summed E-state index contributed by atoms with van der Waals surface area (Å²) in [5.41, 5.74) is -30.2. The Bertz CT molecular complexity index is 2580. The van der Waals surface area contributed by atoms with E-state index in [1.165, 1.54) is 4.57 Å². The molecule has 0 aliphatic heterocycles. The van der Waals surface area contributed by atoms with Crippen molar-refractivity contribution in [2.24, 2.45) is 0 Å². The molecule has 0 fully saturated rings. The zero-order valence-electron chi connectivity index (χ0n) is 34.9. The van der Waals surface area contributed by atoms with E-state index in [0.29, 0.717) is 0 Å². The molecule has 6 aromatic rings. The average molecular weight is 1090 g/mol. The monoisotopic (exact) mass is 1090 g/mol. The fourth-order valence-electron chi connectivity index (χ4n) is 7.57. The molecule has 0 bridgehead atoms. The molecular formula is C44H21BF27N. The Balaban J connectivity index is 0.000000520. The second-order valence-electron chi connectivity index (χ2n) is 15.6. The first kappa shape index (κ1) is 57.3. The predicted molar refractivity (Wildman–Crippen MR) is 205 cm³/mol. The summed E-state index contributed by atoms with van der Waals surface area (Å²) in [6.07, 6.45) is -53.9. The SMILES string of the molecule is FC(F)(F)c1cc([B-](c2cc(C(F)(F)F)cc(C(F)(F)F)c2)(c2cc(C(F)(F)F)cc(C(F)(F)F)c2)c2cc(C(F)(F)F)cc(C(F)(F)F)c2)cc(C(F)(F)F)c1.FC(F)=C(F)C[n+]1ccc2ccccc2c1. The summed E-state index contributed by atoms with van der Waals surface area (Å²) in [7, 11) is 0. The third-order valence-electron chi connectivity index (χ3n) is 10.7. The number of nitrogens with zero attached hydrogens (tertiary/aromatic N) is 1. The van der Waals surface area contributed by atoms with Crippen LogP contribution in [0.1, 0.15) is 44.5 Å². The first-order valence-corrected chi connectivity index (χ1v) is 19.4. The lowest BCUT2D eigenvalue weighted by Crippen LogP contribution is -2.75. The van der Waals surface area contributed by atoms with Crippen molar-refractivity contribution in [2.75, 3.05) is 0 Å². The van der Waals surface area contributed by atoms with Gasteiger partial charge in [0, 0.05) is 11.5 Å². The van der Waals surface area contributed by atoms with Crippen LogP contribution >= 0.6 is 0 Å². The molecule has 29 heteroatoms. The maximum absolute atomic E-state index is 14.2. The number of aromatic nitrogens is 1. The maximum Gasteiger partial charge on any atom is 0.416 e. The molecule has 6 rings (SSSR count). The second-order valence-corrected chi connectivity index (χ2v) is 15.6. The lowest BCUT2D eigenvalue weighted by atomic mass is 9.12. The van der Waals surface area contributed by atoms with Gasteiger partial charge in [0.2, 0.25) is 12.4 Å². The van der Waals surface area contributed by atoms with Gasteiger partial charge in [0.25, 0.3) is 0 Å². The molecule has 0 spiro atoms. The van der Waals surface area contributed by atoms with E-state index < -0.39 is 213 Å². The average Bonchev–Trinajstić information content (AvgIpc) is 3.24. The standard InChI is InChI=1S/C32H12BF24.C12H9F3N/c34-25(35,36)13-1-14(26(37,38)39)6-21(5-13)33(22-7-15(27(40,41)42)2-16(8-22)28(43,44)45,23-9-17(29(46,47)48)3-18(10-23)30(49,50)51)24-11-19(31(52,53)54)4-20(12-24)32(55,56)57;13-11(12(14)15)8-16-6-5-9-3-1-2-4-10(9)7-16/h1-12H;1-7H,8H2/q-1;+1. The van der Waals surface area contributed by atoms with Crippen LogP contribution in [-0.4, -0.2) is 6.15 Å². The largest absolute Gasteiger partial charge is 0.416 e. The lowest BCUT2D eigenvalue weighted by molar-refractivity contribution is -0.689. The number of hydrogen-bond acceptors (Lipinski definition) is 0. The van der Waals surface area contributed by atoms with Gasteiger partial charge in [-0.3, -0.25) is 0 Å². The number of rotatable bonds is 6. The number of benzene rings is 5. The molecule has 0 atom stereocenters. The third kappa shape index (κ3) is 13.2. The molecule has 0 radical (unpaired) electrons. The Labute approximate surface area is 389 Å². The van der Waals surface area contributed by atoms with E-state index in [1.54, 1.807) is 18.5 Å². The van der Waals surface area contributed by atoms with Gasteiger partial charge in [0.05, 0.1) is 44.5 Å². The van der Waals surface area contributed by atoms with Crippen LogP contribution in [0.3, 0.4) is 0 Å². The molecule has 73 heavy (non-hydrogen) atoms. The van der Waals surface area contributed by atoms with E-state index in [0.717, 1.165) is 10.8 Å². The highest BCUT2D eigenvalue weighted by molar-refractivity contribution is 7.20. The van der Waals surface area contributed by atoms with Crippen LogP contribution < -0.4 is 26.4 Å². The Morgan fingerprint density at radius 3 is 0.781 bits per heavy atom. The number of allylic oxidation sites excluding steroid dienone is 1. The molecule has 0 amide bonds. The normalized spacial score (nSPS) is 13.5. The summed E-state index contributed by atoms with van der Waals surface area (Å²) in [4.78, 5) is 0. The smallest absolute Gasteiger partial charge is 0.199 e. The number of alkyl halides is 24. The topological polar surface area (TPSA) is 3.88 Å². The summed E-state index contributed by atoms with van der Waals surface area (Å²) < 4.78 is 379.